The number of aryl methyl sites for hydroxylation is 1. The van der Waals surface area contributed by atoms with Gasteiger partial charge in [0.05, 0.1) is 24.5 Å². The van der Waals surface area contributed by atoms with E-state index in [4.69, 9.17) is 9.47 Å². The fourth-order valence-corrected chi connectivity index (χ4v) is 5.03. The molecule has 180 valence electrons. The summed E-state index contributed by atoms with van der Waals surface area (Å²) in [5.74, 6) is -0.774. The van der Waals surface area contributed by atoms with E-state index < -0.39 is 11.9 Å². The SMILES string of the molecule is CCOC(=O)c1sc(NC(=O)CSc2nnc(-c3cccc(C)c3)n2C)c(C(=O)OCC)c1C. The van der Waals surface area contributed by atoms with Crippen LogP contribution in [0.1, 0.15) is 45.0 Å². The van der Waals surface area contributed by atoms with Gasteiger partial charge >= 0.3 is 11.9 Å². The number of benzene rings is 1. The molecule has 9 nitrogen and oxygen atoms in total. The summed E-state index contributed by atoms with van der Waals surface area (Å²) in [7, 11) is 1.84. The number of hydrogen-bond acceptors (Lipinski definition) is 9. The van der Waals surface area contributed by atoms with Crippen LogP contribution in [0, 0.1) is 13.8 Å². The van der Waals surface area contributed by atoms with E-state index in [2.05, 4.69) is 15.5 Å². The number of amides is 1. The molecule has 0 saturated heterocycles. The van der Waals surface area contributed by atoms with E-state index >= 15 is 0 Å². The maximum absolute atomic E-state index is 12.7. The molecule has 3 aromatic rings. The van der Waals surface area contributed by atoms with Crippen molar-refractivity contribution in [1.82, 2.24) is 14.8 Å². The number of hydrogen-bond donors (Lipinski definition) is 1. The van der Waals surface area contributed by atoms with E-state index in [9.17, 15) is 14.4 Å². The van der Waals surface area contributed by atoms with Crippen molar-refractivity contribution in [1.29, 1.82) is 0 Å². The highest BCUT2D eigenvalue weighted by Gasteiger charge is 2.27. The predicted molar refractivity (Wildman–Crippen MR) is 131 cm³/mol. The molecule has 0 aliphatic heterocycles. The lowest BCUT2D eigenvalue weighted by atomic mass is 10.1. The van der Waals surface area contributed by atoms with Crippen LogP contribution in [0.2, 0.25) is 0 Å². The number of carbonyl (C=O) groups excluding carboxylic acids is 3. The molecule has 0 spiro atoms. The zero-order valence-electron chi connectivity index (χ0n) is 19.6. The molecule has 11 heteroatoms. The number of anilines is 1. The Morgan fingerprint density at radius 2 is 1.79 bits per heavy atom. The summed E-state index contributed by atoms with van der Waals surface area (Å²) < 4.78 is 12.0. The van der Waals surface area contributed by atoms with Gasteiger partial charge in [-0.15, -0.1) is 21.5 Å². The van der Waals surface area contributed by atoms with Gasteiger partial charge in [-0.3, -0.25) is 4.79 Å². The van der Waals surface area contributed by atoms with E-state index in [1.807, 2.05) is 42.8 Å². The van der Waals surface area contributed by atoms with E-state index in [1.54, 1.807) is 20.8 Å². The first-order chi connectivity index (χ1) is 16.3. The molecule has 0 saturated carbocycles. The molecule has 2 heterocycles. The molecule has 1 aromatic carbocycles. The van der Waals surface area contributed by atoms with Crippen molar-refractivity contribution < 1.29 is 23.9 Å². The highest BCUT2D eigenvalue weighted by molar-refractivity contribution is 7.99. The Labute approximate surface area is 205 Å². The van der Waals surface area contributed by atoms with Crippen molar-refractivity contribution >= 4 is 45.9 Å². The Balaban J connectivity index is 1.75. The Morgan fingerprint density at radius 3 is 2.47 bits per heavy atom. The number of thioether (sulfide) groups is 1. The lowest BCUT2D eigenvalue weighted by molar-refractivity contribution is -0.113. The molecule has 3 rings (SSSR count). The first kappa shape index (κ1) is 25.4. The van der Waals surface area contributed by atoms with Gasteiger partial charge in [-0.05, 0) is 39.3 Å². The summed E-state index contributed by atoms with van der Waals surface area (Å²) in [5, 5.41) is 12.0. The Kier molecular flexibility index (Phi) is 8.46. The average molecular weight is 503 g/mol. The van der Waals surface area contributed by atoms with E-state index in [0.717, 1.165) is 22.5 Å². The van der Waals surface area contributed by atoms with E-state index in [1.165, 1.54) is 11.8 Å². The van der Waals surface area contributed by atoms with Gasteiger partial charge < -0.3 is 19.4 Å². The molecule has 1 amide bonds. The van der Waals surface area contributed by atoms with Crippen molar-refractivity contribution in [2.75, 3.05) is 24.3 Å². The first-order valence-electron chi connectivity index (χ1n) is 10.6. The highest BCUT2D eigenvalue weighted by atomic mass is 32.2. The highest BCUT2D eigenvalue weighted by Crippen LogP contribution is 2.34. The summed E-state index contributed by atoms with van der Waals surface area (Å²) in [6, 6.07) is 7.93. The third-order valence-corrected chi connectivity index (χ3v) is 6.99. The topological polar surface area (TPSA) is 112 Å². The average Bonchev–Trinajstić information content (AvgIpc) is 3.32. The number of carbonyl (C=O) groups is 3. The van der Waals surface area contributed by atoms with Crippen LogP contribution in [0.15, 0.2) is 29.4 Å². The van der Waals surface area contributed by atoms with E-state index in [0.29, 0.717) is 16.5 Å². The van der Waals surface area contributed by atoms with Crippen LogP contribution in [0.5, 0.6) is 0 Å². The van der Waals surface area contributed by atoms with Gasteiger partial charge in [-0.2, -0.15) is 0 Å². The molecule has 0 unspecified atom stereocenters. The second-order valence-corrected chi connectivity index (χ2v) is 9.24. The molecule has 34 heavy (non-hydrogen) atoms. The molecule has 1 N–H and O–H groups in total. The van der Waals surface area contributed by atoms with Crippen molar-refractivity contribution in [3.63, 3.8) is 0 Å². The zero-order valence-corrected chi connectivity index (χ0v) is 21.3. The number of esters is 2. The number of nitrogens with one attached hydrogen (secondary N) is 1. The second-order valence-electron chi connectivity index (χ2n) is 7.27. The maximum Gasteiger partial charge on any atom is 0.348 e. The summed E-state index contributed by atoms with van der Waals surface area (Å²) in [6.45, 7) is 7.39. The number of thiophene rings is 1. The minimum atomic E-state index is -0.606. The molecule has 0 fully saturated rings. The lowest BCUT2D eigenvalue weighted by Gasteiger charge is -2.07. The largest absolute Gasteiger partial charge is 0.462 e. The third-order valence-electron chi connectivity index (χ3n) is 4.78. The monoisotopic (exact) mass is 502 g/mol. The lowest BCUT2D eigenvalue weighted by Crippen LogP contribution is -2.16. The number of rotatable bonds is 9. The molecular formula is C23H26N4O5S2. The molecule has 0 radical (unpaired) electrons. The Morgan fingerprint density at radius 1 is 1.09 bits per heavy atom. The molecular weight excluding hydrogens is 476 g/mol. The van der Waals surface area contributed by atoms with Crippen LogP contribution in [0.4, 0.5) is 5.00 Å². The van der Waals surface area contributed by atoms with Gasteiger partial charge in [0.25, 0.3) is 0 Å². The zero-order chi connectivity index (χ0) is 24.8. The minimum Gasteiger partial charge on any atom is -0.462 e. The normalized spacial score (nSPS) is 10.7. The molecule has 0 bridgehead atoms. The van der Waals surface area contributed by atoms with Crippen molar-refractivity contribution in [3.05, 3.63) is 45.8 Å². The third kappa shape index (κ3) is 5.65. The van der Waals surface area contributed by atoms with Gasteiger partial charge in [0.2, 0.25) is 5.91 Å². The quantitative estimate of drug-likeness (QED) is 0.341. The van der Waals surface area contributed by atoms with Gasteiger partial charge in [0, 0.05) is 12.6 Å². The summed E-state index contributed by atoms with van der Waals surface area (Å²) in [4.78, 5) is 37.8. The number of ether oxygens (including phenoxy) is 2. The van der Waals surface area contributed by atoms with Gasteiger partial charge in [-0.1, -0.05) is 35.5 Å². The molecule has 2 aromatic heterocycles. The van der Waals surface area contributed by atoms with Crippen molar-refractivity contribution in [2.45, 2.75) is 32.9 Å². The van der Waals surface area contributed by atoms with Crippen LogP contribution in [0.3, 0.4) is 0 Å². The fourth-order valence-electron chi connectivity index (χ4n) is 3.21. The minimum absolute atomic E-state index is 0.0355. The summed E-state index contributed by atoms with van der Waals surface area (Å²) >= 11 is 2.21. The fraction of sp³-hybridized carbons (Fsp3) is 0.348. The Hall–Kier alpha value is -3.18. The number of nitrogens with zero attached hydrogens (tertiary/aromatic N) is 3. The summed E-state index contributed by atoms with van der Waals surface area (Å²) in [5.41, 5.74) is 2.63. The van der Waals surface area contributed by atoms with Gasteiger partial charge in [0.1, 0.15) is 9.88 Å². The van der Waals surface area contributed by atoms with Gasteiger partial charge in [0.15, 0.2) is 11.0 Å². The van der Waals surface area contributed by atoms with Crippen LogP contribution in [0.25, 0.3) is 11.4 Å². The van der Waals surface area contributed by atoms with Crippen molar-refractivity contribution in [2.24, 2.45) is 7.05 Å². The van der Waals surface area contributed by atoms with E-state index in [-0.39, 0.29) is 40.3 Å². The molecule has 0 aliphatic carbocycles. The van der Waals surface area contributed by atoms with Crippen LogP contribution < -0.4 is 5.32 Å². The molecule has 0 aliphatic rings. The molecule has 0 atom stereocenters. The van der Waals surface area contributed by atoms with Crippen LogP contribution in [-0.2, 0) is 21.3 Å². The van der Waals surface area contributed by atoms with Crippen molar-refractivity contribution in [3.8, 4) is 11.4 Å². The van der Waals surface area contributed by atoms with Gasteiger partial charge in [-0.25, -0.2) is 9.59 Å². The predicted octanol–water partition coefficient (Wildman–Crippen LogP) is 4.24. The second kappa shape index (κ2) is 11.3. The summed E-state index contributed by atoms with van der Waals surface area (Å²) in [6.07, 6.45) is 0. The first-order valence-corrected chi connectivity index (χ1v) is 12.4. The maximum atomic E-state index is 12.7. The van der Waals surface area contributed by atoms with Crippen LogP contribution >= 0.6 is 23.1 Å². The Bertz CT molecular complexity index is 1220. The smallest absolute Gasteiger partial charge is 0.348 e. The number of aromatic nitrogens is 3. The standard InChI is InChI=1S/C23H26N4O5S2/c1-6-31-21(29)17-14(4)18(22(30)32-7-2)34-20(17)24-16(28)12-33-23-26-25-19(27(23)5)15-10-8-9-13(3)11-15/h8-11H,6-7,12H2,1-5H3,(H,24,28). The van der Waals surface area contributed by atoms with Crippen LogP contribution in [-0.4, -0.2) is 51.6 Å².